The van der Waals surface area contributed by atoms with Crippen molar-refractivity contribution in [3.63, 3.8) is 0 Å². The highest BCUT2D eigenvalue weighted by Gasteiger charge is 2.08. The number of primary amides is 1. The SMILES string of the molecule is NC(=O)c1ccc2c(cnn2-c2ccc3ccccc3c2)c1. The first-order valence-electron chi connectivity index (χ1n) is 6.99. The van der Waals surface area contributed by atoms with E-state index in [1.165, 1.54) is 5.39 Å². The second-order valence-electron chi connectivity index (χ2n) is 5.23. The minimum absolute atomic E-state index is 0.430. The summed E-state index contributed by atoms with van der Waals surface area (Å²) in [6.45, 7) is 0. The normalized spacial score (nSPS) is 11.1. The third-order valence-electron chi connectivity index (χ3n) is 3.83. The summed E-state index contributed by atoms with van der Waals surface area (Å²) < 4.78 is 1.87. The molecule has 1 amide bonds. The molecule has 106 valence electrons. The van der Waals surface area contributed by atoms with Crippen molar-refractivity contribution in [2.45, 2.75) is 0 Å². The van der Waals surface area contributed by atoms with Crippen LogP contribution in [0.1, 0.15) is 10.4 Å². The van der Waals surface area contributed by atoms with E-state index in [9.17, 15) is 4.79 Å². The summed E-state index contributed by atoms with van der Waals surface area (Å²) in [5.74, 6) is -0.430. The first-order chi connectivity index (χ1) is 10.7. The lowest BCUT2D eigenvalue weighted by Gasteiger charge is -2.06. The maximum Gasteiger partial charge on any atom is 0.248 e. The number of rotatable bonds is 2. The third-order valence-corrected chi connectivity index (χ3v) is 3.83. The topological polar surface area (TPSA) is 60.9 Å². The molecule has 2 N–H and O–H groups in total. The van der Waals surface area contributed by atoms with Gasteiger partial charge in [0, 0.05) is 10.9 Å². The summed E-state index contributed by atoms with van der Waals surface area (Å²) in [6, 6.07) is 19.8. The number of hydrogen-bond donors (Lipinski definition) is 1. The van der Waals surface area contributed by atoms with Gasteiger partial charge in [0.25, 0.3) is 0 Å². The van der Waals surface area contributed by atoms with Gasteiger partial charge in [-0.25, -0.2) is 4.68 Å². The Hall–Kier alpha value is -3.14. The van der Waals surface area contributed by atoms with Crippen molar-refractivity contribution in [2.75, 3.05) is 0 Å². The molecule has 4 nitrogen and oxygen atoms in total. The Morgan fingerprint density at radius 2 is 1.73 bits per heavy atom. The van der Waals surface area contributed by atoms with E-state index in [1.54, 1.807) is 18.3 Å². The monoisotopic (exact) mass is 287 g/mol. The first kappa shape index (κ1) is 12.6. The van der Waals surface area contributed by atoms with Crippen LogP contribution >= 0.6 is 0 Å². The highest BCUT2D eigenvalue weighted by atomic mass is 16.1. The number of aromatic nitrogens is 2. The van der Waals surface area contributed by atoms with Gasteiger partial charge in [-0.3, -0.25) is 4.79 Å². The van der Waals surface area contributed by atoms with Crippen LogP contribution in [0.4, 0.5) is 0 Å². The lowest BCUT2D eigenvalue weighted by atomic mass is 10.1. The standard InChI is InChI=1S/C18H13N3O/c19-18(22)14-6-8-17-15(9-14)11-20-21(17)16-7-5-12-3-1-2-4-13(12)10-16/h1-11H,(H2,19,22). The van der Waals surface area contributed by atoms with Gasteiger partial charge in [-0.2, -0.15) is 5.10 Å². The van der Waals surface area contributed by atoms with Crippen molar-refractivity contribution in [3.8, 4) is 5.69 Å². The fourth-order valence-electron chi connectivity index (χ4n) is 2.70. The van der Waals surface area contributed by atoms with E-state index in [2.05, 4.69) is 29.4 Å². The summed E-state index contributed by atoms with van der Waals surface area (Å²) in [4.78, 5) is 11.3. The maximum absolute atomic E-state index is 11.3. The molecule has 4 heteroatoms. The van der Waals surface area contributed by atoms with Crippen molar-refractivity contribution in [1.29, 1.82) is 0 Å². The summed E-state index contributed by atoms with van der Waals surface area (Å²) in [6.07, 6.45) is 1.75. The van der Waals surface area contributed by atoms with Crippen molar-refractivity contribution >= 4 is 27.6 Å². The predicted molar refractivity (Wildman–Crippen MR) is 87.1 cm³/mol. The van der Waals surface area contributed by atoms with Gasteiger partial charge in [0.15, 0.2) is 0 Å². The van der Waals surface area contributed by atoms with Gasteiger partial charge in [-0.05, 0) is 41.1 Å². The number of nitrogens with zero attached hydrogens (tertiary/aromatic N) is 2. The molecule has 0 aliphatic carbocycles. The Morgan fingerprint density at radius 3 is 2.55 bits per heavy atom. The molecule has 3 aromatic carbocycles. The average molecular weight is 287 g/mol. The van der Waals surface area contributed by atoms with Gasteiger partial charge < -0.3 is 5.73 Å². The molecule has 0 unspecified atom stereocenters. The molecule has 0 radical (unpaired) electrons. The van der Waals surface area contributed by atoms with Crippen LogP contribution in [-0.4, -0.2) is 15.7 Å². The number of hydrogen-bond acceptors (Lipinski definition) is 2. The zero-order valence-corrected chi connectivity index (χ0v) is 11.7. The third kappa shape index (κ3) is 1.93. The molecule has 1 heterocycles. The Labute approximate surface area is 126 Å². The Balaban J connectivity index is 1.90. The van der Waals surface area contributed by atoms with E-state index in [-0.39, 0.29) is 0 Å². The minimum Gasteiger partial charge on any atom is -0.366 e. The molecular formula is C18H13N3O. The van der Waals surface area contributed by atoms with E-state index >= 15 is 0 Å². The Morgan fingerprint density at radius 1 is 0.909 bits per heavy atom. The summed E-state index contributed by atoms with van der Waals surface area (Å²) in [7, 11) is 0. The predicted octanol–water partition coefficient (Wildman–Crippen LogP) is 3.28. The van der Waals surface area contributed by atoms with Crippen LogP contribution in [0.5, 0.6) is 0 Å². The molecule has 0 bridgehead atoms. The molecule has 4 rings (SSSR count). The molecule has 0 aliphatic rings. The summed E-state index contributed by atoms with van der Waals surface area (Å²) in [5.41, 5.74) is 7.74. The van der Waals surface area contributed by atoms with E-state index in [4.69, 9.17) is 5.73 Å². The van der Waals surface area contributed by atoms with Crippen molar-refractivity contribution in [1.82, 2.24) is 9.78 Å². The molecule has 0 saturated carbocycles. The van der Waals surface area contributed by atoms with E-state index < -0.39 is 5.91 Å². The van der Waals surface area contributed by atoms with E-state index in [0.29, 0.717) is 5.56 Å². The maximum atomic E-state index is 11.3. The average Bonchev–Trinajstić information content (AvgIpc) is 2.97. The second kappa shape index (κ2) is 4.70. The fraction of sp³-hybridized carbons (Fsp3) is 0. The van der Waals surface area contributed by atoms with Gasteiger partial charge in [-0.1, -0.05) is 30.3 Å². The smallest absolute Gasteiger partial charge is 0.248 e. The number of amides is 1. The number of carbonyl (C=O) groups excluding carboxylic acids is 1. The molecule has 0 aliphatic heterocycles. The highest BCUT2D eigenvalue weighted by molar-refractivity contribution is 5.97. The second-order valence-corrected chi connectivity index (χ2v) is 5.23. The first-order valence-corrected chi connectivity index (χ1v) is 6.99. The molecular weight excluding hydrogens is 274 g/mol. The summed E-state index contributed by atoms with van der Waals surface area (Å²) >= 11 is 0. The van der Waals surface area contributed by atoms with Gasteiger partial charge in [0.05, 0.1) is 17.4 Å². The van der Waals surface area contributed by atoms with Gasteiger partial charge in [-0.15, -0.1) is 0 Å². The van der Waals surface area contributed by atoms with Crippen LogP contribution in [0.15, 0.2) is 66.9 Å². The van der Waals surface area contributed by atoms with Crippen LogP contribution in [-0.2, 0) is 0 Å². The van der Waals surface area contributed by atoms with E-state index in [1.807, 2.05) is 28.9 Å². The minimum atomic E-state index is -0.430. The van der Waals surface area contributed by atoms with Crippen LogP contribution in [0.2, 0.25) is 0 Å². The van der Waals surface area contributed by atoms with Crippen LogP contribution in [0.25, 0.3) is 27.4 Å². The Kier molecular flexibility index (Phi) is 2.69. The van der Waals surface area contributed by atoms with Gasteiger partial charge in [0.2, 0.25) is 5.91 Å². The van der Waals surface area contributed by atoms with Crippen molar-refractivity contribution < 1.29 is 4.79 Å². The number of fused-ring (bicyclic) bond motifs is 2. The number of carbonyl (C=O) groups is 1. The number of nitrogens with two attached hydrogens (primary N) is 1. The molecule has 1 aromatic heterocycles. The van der Waals surface area contributed by atoms with Crippen LogP contribution in [0.3, 0.4) is 0 Å². The molecule has 0 saturated heterocycles. The van der Waals surface area contributed by atoms with Crippen molar-refractivity contribution in [3.05, 3.63) is 72.4 Å². The van der Waals surface area contributed by atoms with Gasteiger partial charge >= 0.3 is 0 Å². The lowest BCUT2D eigenvalue weighted by Crippen LogP contribution is -2.10. The number of benzene rings is 3. The summed E-state index contributed by atoms with van der Waals surface area (Å²) in [5, 5.41) is 7.69. The van der Waals surface area contributed by atoms with Crippen molar-refractivity contribution in [2.24, 2.45) is 5.73 Å². The molecule has 0 atom stereocenters. The van der Waals surface area contributed by atoms with Gasteiger partial charge in [0.1, 0.15) is 0 Å². The quantitative estimate of drug-likeness (QED) is 0.615. The van der Waals surface area contributed by atoms with Crippen LogP contribution < -0.4 is 5.73 Å². The Bertz CT molecular complexity index is 1020. The molecule has 4 aromatic rings. The van der Waals surface area contributed by atoms with Crippen LogP contribution in [0, 0.1) is 0 Å². The largest absolute Gasteiger partial charge is 0.366 e. The molecule has 0 fully saturated rings. The van der Waals surface area contributed by atoms with E-state index in [0.717, 1.165) is 22.0 Å². The fourth-order valence-corrected chi connectivity index (χ4v) is 2.70. The lowest BCUT2D eigenvalue weighted by molar-refractivity contribution is 0.100. The molecule has 22 heavy (non-hydrogen) atoms. The molecule has 0 spiro atoms. The zero-order chi connectivity index (χ0) is 15.1. The zero-order valence-electron chi connectivity index (χ0n) is 11.7. The highest BCUT2D eigenvalue weighted by Crippen LogP contribution is 2.23.